The summed E-state index contributed by atoms with van der Waals surface area (Å²) in [4.78, 5) is 1.71. The molecule has 0 N–H and O–H groups in total. The summed E-state index contributed by atoms with van der Waals surface area (Å²) < 4.78 is 41.3. The van der Waals surface area contributed by atoms with Crippen LogP contribution in [0.2, 0.25) is 0 Å². The van der Waals surface area contributed by atoms with Crippen LogP contribution in [0.1, 0.15) is 0 Å². The first-order valence-corrected chi connectivity index (χ1v) is 4.18. The van der Waals surface area contributed by atoms with Gasteiger partial charge in [0.05, 0.1) is 13.2 Å². The predicted octanol–water partition coefficient (Wildman–Crippen LogP) is 1.26. The molecule has 0 aromatic carbocycles. The predicted molar refractivity (Wildman–Crippen MR) is 45.5 cm³/mol. The van der Waals surface area contributed by atoms with Crippen LogP contribution in [0.4, 0.5) is 12.9 Å². The summed E-state index contributed by atoms with van der Waals surface area (Å²) in [5.41, 5.74) is -0.623. The van der Waals surface area contributed by atoms with Gasteiger partial charge < -0.3 is 17.7 Å². The SMILES string of the molecule is C=C(CN1CCOCC1)[B-](F)(F)F. The molecule has 0 aromatic heterocycles. The van der Waals surface area contributed by atoms with E-state index in [1.165, 1.54) is 0 Å². The fourth-order valence-corrected chi connectivity index (χ4v) is 1.15. The fourth-order valence-electron chi connectivity index (χ4n) is 1.15. The Morgan fingerprint density at radius 2 is 1.85 bits per heavy atom. The second-order valence-corrected chi connectivity index (χ2v) is 3.12. The maximum Gasteiger partial charge on any atom is 0.506 e. The molecule has 0 aromatic rings. The Morgan fingerprint density at radius 1 is 1.31 bits per heavy atom. The molecule has 1 saturated heterocycles. The maximum absolute atomic E-state index is 12.1. The number of ether oxygens (including phenoxy) is 1. The van der Waals surface area contributed by atoms with Gasteiger partial charge in [-0.2, -0.15) is 0 Å². The van der Waals surface area contributed by atoms with E-state index in [1.807, 2.05) is 0 Å². The van der Waals surface area contributed by atoms with Crippen molar-refractivity contribution < 1.29 is 17.7 Å². The van der Waals surface area contributed by atoms with Gasteiger partial charge in [0.25, 0.3) is 0 Å². The van der Waals surface area contributed by atoms with Crippen molar-refractivity contribution in [1.29, 1.82) is 0 Å². The molecule has 13 heavy (non-hydrogen) atoms. The van der Waals surface area contributed by atoms with E-state index in [9.17, 15) is 12.9 Å². The van der Waals surface area contributed by atoms with E-state index in [4.69, 9.17) is 4.74 Å². The van der Waals surface area contributed by atoms with Crippen molar-refractivity contribution in [3.05, 3.63) is 12.1 Å². The third-order valence-corrected chi connectivity index (χ3v) is 1.99. The molecule has 0 aliphatic carbocycles. The Kier molecular flexibility index (Phi) is 3.38. The monoisotopic (exact) mass is 194 g/mol. The van der Waals surface area contributed by atoms with Gasteiger partial charge >= 0.3 is 6.98 Å². The van der Waals surface area contributed by atoms with Gasteiger partial charge in [-0.1, -0.05) is 0 Å². The van der Waals surface area contributed by atoms with Crippen LogP contribution in [0.3, 0.4) is 0 Å². The summed E-state index contributed by atoms with van der Waals surface area (Å²) in [5.74, 6) is 0. The minimum absolute atomic E-state index is 0.0765. The molecule has 1 fully saturated rings. The van der Waals surface area contributed by atoms with Crippen molar-refractivity contribution in [2.45, 2.75) is 0 Å². The van der Waals surface area contributed by atoms with Crippen LogP contribution in [0.25, 0.3) is 0 Å². The first-order valence-electron chi connectivity index (χ1n) is 4.18. The third-order valence-electron chi connectivity index (χ3n) is 1.99. The average molecular weight is 194 g/mol. The molecule has 1 aliphatic heterocycles. The van der Waals surface area contributed by atoms with E-state index < -0.39 is 12.4 Å². The molecule has 1 heterocycles. The number of hydrogen-bond donors (Lipinski definition) is 0. The standard InChI is InChI=1S/C7H12BF3NO/c1-7(8(9,10)11)6-12-2-4-13-5-3-12/h1-6H2/q-1. The first-order chi connectivity index (χ1) is 6.00. The highest BCUT2D eigenvalue weighted by molar-refractivity contribution is 6.66. The molecule has 0 unspecified atom stereocenters. The zero-order valence-electron chi connectivity index (χ0n) is 7.31. The molecule has 0 radical (unpaired) electrons. The van der Waals surface area contributed by atoms with E-state index in [0.717, 1.165) is 0 Å². The van der Waals surface area contributed by atoms with E-state index in [-0.39, 0.29) is 6.54 Å². The molecule has 1 aliphatic rings. The number of rotatable bonds is 3. The molecule has 0 saturated carbocycles. The highest BCUT2D eigenvalue weighted by Gasteiger charge is 2.28. The maximum atomic E-state index is 12.1. The van der Waals surface area contributed by atoms with Crippen molar-refractivity contribution in [2.24, 2.45) is 0 Å². The molecular formula is C7H12BF3NO-. The lowest BCUT2D eigenvalue weighted by Crippen LogP contribution is -2.40. The van der Waals surface area contributed by atoms with Crippen LogP contribution in [-0.4, -0.2) is 44.7 Å². The molecule has 0 bridgehead atoms. The minimum atomic E-state index is -4.88. The van der Waals surface area contributed by atoms with Crippen molar-refractivity contribution in [2.75, 3.05) is 32.8 Å². The van der Waals surface area contributed by atoms with Crippen LogP contribution >= 0.6 is 0 Å². The minimum Gasteiger partial charge on any atom is -0.445 e. The molecule has 0 amide bonds. The molecule has 0 spiro atoms. The molecule has 1 rings (SSSR count). The van der Waals surface area contributed by atoms with Crippen molar-refractivity contribution in [3.63, 3.8) is 0 Å². The lowest BCUT2D eigenvalue weighted by molar-refractivity contribution is 0.0425. The summed E-state index contributed by atoms with van der Waals surface area (Å²) in [5, 5.41) is 0. The Bertz CT molecular complexity index is 189. The Labute approximate surface area is 75.4 Å². The summed E-state index contributed by atoms with van der Waals surface area (Å²) in [6, 6.07) is 0. The fraction of sp³-hybridized carbons (Fsp3) is 0.714. The molecule has 2 nitrogen and oxygen atoms in total. The Morgan fingerprint density at radius 3 is 2.31 bits per heavy atom. The van der Waals surface area contributed by atoms with Gasteiger partial charge in [-0.3, -0.25) is 4.90 Å². The Balaban J connectivity index is 2.35. The summed E-state index contributed by atoms with van der Waals surface area (Å²) >= 11 is 0. The Hall–Kier alpha value is -0.485. The van der Waals surface area contributed by atoms with Crippen molar-refractivity contribution in [1.82, 2.24) is 4.90 Å². The summed E-state index contributed by atoms with van der Waals surface area (Å²) in [7, 11) is 0. The van der Waals surface area contributed by atoms with Crippen LogP contribution in [0.15, 0.2) is 12.1 Å². The van der Waals surface area contributed by atoms with Gasteiger partial charge in [0.15, 0.2) is 0 Å². The van der Waals surface area contributed by atoms with Gasteiger partial charge in [-0.15, -0.1) is 12.1 Å². The second kappa shape index (κ2) is 4.15. The molecular weight excluding hydrogens is 182 g/mol. The van der Waals surface area contributed by atoms with Crippen LogP contribution in [0.5, 0.6) is 0 Å². The van der Waals surface area contributed by atoms with Crippen molar-refractivity contribution in [3.8, 4) is 0 Å². The first kappa shape index (κ1) is 10.6. The van der Waals surface area contributed by atoms with Crippen molar-refractivity contribution >= 4 is 6.98 Å². The quantitative estimate of drug-likeness (QED) is 0.627. The largest absolute Gasteiger partial charge is 0.506 e. The molecule has 0 atom stereocenters. The highest BCUT2D eigenvalue weighted by atomic mass is 19.4. The average Bonchev–Trinajstić information content (AvgIpc) is 2.04. The number of hydrogen-bond acceptors (Lipinski definition) is 2. The zero-order valence-corrected chi connectivity index (χ0v) is 7.31. The highest BCUT2D eigenvalue weighted by Crippen LogP contribution is 2.19. The van der Waals surface area contributed by atoms with Gasteiger partial charge in [0.1, 0.15) is 0 Å². The topological polar surface area (TPSA) is 12.5 Å². The number of halogens is 3. The smallest absolute Gasteiger partial charge is 0.445 e. The summed E-state index contributed by atoms with van der Waals surface area (Å²) in [6.45, 7) is 0.234. The number of morpholine rings is 1. The number of nitrogens with zero attached hydrogens (tertiary/aromatic N) is 1. The normalized spacial score (nSPS) is 20.2. The third kappa shape index (κ3) is 3.40. The molecule has 76 valence electrons. The van der Waals surface area contributed by atoms with Gasteiger partial charge in [0.2, 0.25) is 0 Å². The van der Waals surface area contributed by atoms with E-state index in [1.54, 1.807) is 4.90 Å². The van der Waals surface area contributed by atoms with Crippen LogP contribution in [0, 0.1) is 0 Å². The second-order valence-electron chi connectivity index (χ2n) is 3.12. The lowest BCUT2D eigenvalue weighted by Gasteiger charge is -2.30. The van der Waals surface area contributed by atoms with Gasteiger partial charge in [-0.05, 0) is 6.54 Å². The molecule has 6 heteroatoms. The van der Waals surface area contributed by atoms with E-state index >= 15 is 0 Å². The van der Waals surface area contributed by atoms with Gasteiger partial charge in [-0.25, -0.2) is 0 Å². The summed E-state index contributed by atoms with van der Waals surface area (Å²) in [6.07, 6.45) is 0. The van der Waals surface area contributed by atoms with Crippen LogP contribution < -0.4 is 0 Å². The van der Waals surface area contributed by atoms with Gasteiger partial charge in [0, 0.05) is 13.1 Å². The lowest BCUT2D eigenvalue weighted by atomic mass is 9.80. The van der Waals surface area contributed by atoms with Crippen LogP contribution in [-0.2, 0) is 4.74 Å². The zero-order chi connectivity index (χ0) is 9.90. The van der Waals surface area contributed by atoms with E-state index in [0.29, 0.717) is 26.3 Å². The van der Waals surface area contributed by atoms with E-state index in [2.05, 4.69) is 6.58 Å².